The summed E-state index contributed by atoms with van der Waals surface area (Å²) in [7, 11) is 0. The van der Waals surface area contributed by atoms with Gasteiger partial charge in [0.05, 0.1) is 5.56 Å². The van der Waals surface area contributed by atoms with Crippen LogP contribution >= 0.6 is 11.8 Å². The molecule has 0 bridgehead atoms. The fraction of sp³-hybridized carbons (Fsp3) is 0.400. The first-order valence-corrected chi connectivity index (χ1v) is 5.57. The lowest BCUT2D eigenvalue weighted by atomic mass is 10.2. The van der Waals surface area contributed by atoms with Gasteiger partial charge in [-0.3, -0.25) is 4.79 Å². The molecular weight excluding hydrogens is 287 g/mol. The van der Waals surface area contributed by atoms with Gasteiger partial charge >= 0.3 is 6.18 Å². The summed E-state index contributed by atoms with van der Waals surface area (Å²) in [6.07, 6.45) is -3.29. The standard InChI is InChI=1S/C10H11ClF3N3O2/c11-17-4-3-15-9(18)7-1-2-8(16-5-7)19-6-10(12,13)14/h1-2,5,17H,3-4,6H2,(H,15,18). The summed E-state index contributed by atoms with van der Waals surface area (Å²) < 4.78 is 40.1. The van der Waals surface area contributed by atoms with E-state index in [0.717, 1.165) is 6.20 Å². The lowest BCUT2D eigenvalue weighted by Gasteiger charge is -2.08. The highest BCUT2D eigenvalue weighted by molar-refractivity contribution is 6.13. The molecule has 2 N–H and O–H groups in total. The maximum atomic E-state index is 11.9. The van der Waals surface area contributed by atoms with Gasteiger partial charge < -0.3 is 10.1 Å². The summed E-state index contributed by atoms with van der Waals surface area (Å²) >= 11 is 5.20. The van der Waals surface area contributed by atoms with E-state index in [4.69, 9.17) is 11.8 Å². The Labute approximate surface area is 112 Å². The molecule has 1 aromatic rings. The van der Waals surface area contributed by atoms with E-state index >= 15 is 0 Å². The van der Waals surface area contributed by atoms with Crippen molar-refractivity contribution in [2.75, 3.05) is 19.7 Å². The first-order valence-electron chi connectivity index (χ1n) is 5.19. The van der Waals surface area contributed by atoms with Gasteiger partial charge in [0.2, 0.25) is 5.88 Å². The molecule has 0 aromatic carbocycles. The molecule has 0 unspecified atom stereocenters. The van der Waals surface area contributed by atoms with E-state index in [1.54, 1.807) is 0 Å². The van der Waals surface area contributed by atoms with E-state index in [2.05, 4.69) is 19.9 Å². The van der Waals surface area contributed by atoms with Crippen LogP contribution < -0.4 is 14.9 Å². The minimum atomic E-state index is -4.42. The molecule has 9 heteroatoms. The molecule has 0 saturated carbocycles. The SMILES string of the molecule is O=C(NCCNCl)c1ccc(OCC(F)(F)F)nc1. The maximum absolute atomic E-state index is 11.9. The van der Waals surface area contributed by atoms with Crippen LogP contribution in [-0.2, 0) is 0 Å². The van der Waals surface area contributed by atoms with Crippen molar-refractivity contribution in [3.05, 3.63) is 23.9 Å². The Hall–Kier alpha value is -1.54. The summed E-state index contributed by atoms with van der Waals surface area (Å²) in [4.78, 5) is 17.4. The summed E-state index contributed by atoms with van der Waals surface area (Å²) in [5.74, 6) is -0.599. The van der Waals surface area contributed by atoms with Gasteiger partial charge in [-0.2, -0.15) is 13.2 Å². The first kappa shape index (κ1) is 15.5. The number of amides is 1. The largest absolute Gasteiger partial charge is 0.468 e. The number of hydrogen-bond acceptors (Lipinski definition) is 4. The molecule has 0 atom stereocenters. The van der Waals surface area contributed by atoms with Crippen LogP contribution in [0, 0.1) is 0 Å². The molecule has 1 rings (SSSR count). The second-order valence-corrected chi connectivity index (χ2v) is 3.70. The molecular formula is C10H11ClF3N3O2. The number of halogens is 4. The third kappa shape index (κ3) is 6.25. The molecule has 0 fully saturated rings. The monoisotopic (exact) mass is 297 g/mol. The van der Waals surface area contributed by atoms with Crippen molar-refractivity contribution in [3.63, 3.8) is 0 Å². The Morgan fingerprint density at radius 2 is 2.11 bits per heavy atom. The number of carbonyl (C=O) groups is 1. The summed E-state index contributed by atoms with van der Waals surface area (Å²) in [5.41, 5.74) is 0.217. The van der Waals surface area contributed by atoms with E-state index in [1.165, 1.54) is 12.1 Å². The first-order chi connectivity index (χ1) is 8.92. The Bertz CT molecular complexity index is 411. The molecule has 0 aliphatic carbocycles. The number of alkyl halides is 3. The smallest absolute Gasteiger partial charge is 0.422 e. The Morgan fingerprint density at radius 1 is 1.37 bits per heavy atom. The molecule has 0 spiro atoms. The number of hydrogen-bond donors (Lipinski definition) is 2. The quantitative estimate of drug-likeness (QED) is 0.617. The van der Waals surface area contributed by atoms with Crippen molar-refractivity contribution in [3.8, 4) is 5.88 Å². The van der Waals surface area contributed by atoms with Crippen molar-refractivity contribution >= 4 is 17.7 Å². The minimum Gasteiger partial charge on any atom is -0.468 e. The van der Waals surface area contributed by atoms with Crippen molar-refractivity contribution < 1.29 is 22.7 Å². The van der Waals surface area contributed by atoms with Crippen molar-refractivity contribution in [1.29, 1.82) is 0 Å². The van der Waals surface area contributed by atoms with Crippen LogP contribution in [0.4, 0.5) is 13.2 Å². The zero-order chi connectivity index (χ0) is 14.3. The normalized spacial score (nSPS) is 11.2. The van der Waals surface area contributed by atoms with Crippen molar-refractivity contribution in [1.82, 2.24) is 15.1 Å². The summed E-state index contributed by atoms with van der Waals surface area (Å²) in [6, 6.07) is 2.52. The molecule has 1 amide bonds. The number of pyridine rings is 1. The van der Waals surface area contributed by atoms with Gasteiger partial charge in [0, 0.05) is 25.4 Å². The summed E-state index contributed by atoms with van der Waals surface area (Å²) in [5, 5.41) is 2.53. The van der Waals surface area contributed by atoms with Gasteiger partial charge in [-0.05, 0) is 17.8 Å². The van der Waals surface area contributed by atoms with Crippen molar-refractivity contribution in [2.45, 2.75) is 6.18 Å². The third-order valence-electron chi connectivity index (χ3n) is 1.89. The average Bonchev–Trinajstić information content (AvgIpc) is 2.36. The minimum absolute atomic E-state index is 0.198. The predicted molar refractivity (Wildman–Crippen MR) is 62.0 cm³/mol. The van der Waals surface area contributed by atoms with Crippen molar-refractivity contribution in [2.24, 2.45) is 0 Å². The molecule has 0 saturated heterocycles. The lowest BCUT2D eigenvalue weighted by Crippen LogP contribution is -2.29. The van der Waals surface area contributed by atoms with Crippen LogP contribution in [0.3, 0.4) is 0 Å². The van der Waals surface area contributed by atoms with Crippen LogP contribution in [0.2, 0.25) is 0 Å². The number of rotatable bonds is 6. The fourth-order valence-electron chi connectivity index (χ4n) is 1.08. The second kappa shape index (κ2) is 7.15. The Balaban J connectivity index is 2.49. The Morgan fingerprint density at radius 3 is 2.63 bits per heavy atom. The van der Waals surface area contributed by atoms with E-state index in [9.17, 15) is 18.0 Å². The molecule has 1 heterocycles. The lowest BCUT2D eigenvalue weighted by molar-refractivity contribution is -0.154. The highest BCUT2D eigenvalue weighted by Crippen LogP contribution is 2.16. The van der Waals surface area contributed by atoms with E-state index in [1.807, 2.05) is 0 Å². The molecule has 1 aromatic heterocycles. The van der Waals surface area contributed by atoms with Crippen LogP contribution in [0.15, 0.2) is 18.3 Å². The van der Waals surface area contributed by atoms with Gasteiger partial charge in [-0.25, -0.2) is 9.82 Å². The Kier molecular flexibility index (Phi) is 5.84. The van der Waals surface area contributed by atoms with Gasteiger partial charge in [0.25, 0.3) is 5.91 Å². The van der Waals surface area contributed by atoms with Crippen LogP contribution in [0.25, 0.3) is 0 Å². The molecule has 0 aliphatic rings. The number of carbonyl (C=O) groups excluding carboxylic acids is 1. The number of nitrogens with one attached hydrogen (secondary N) is 2. The van der Waals surface area contributed by atoms with Gasteiger partial charge in [-0.15, -0.1) is 0 Å². The third-order valence-corrected chi connectivity index (χ3v) is 2.08. The molecule has 106 valence electrons. The highest BCUT2D eigenvalue weighted by atomic mass is 35.5. The zero-order valence-corrected chi connectivity index (χ0v) is 10.4. The van der Waals surface area contributed by atoms with Crippen LogP contribution in [0.5, 0.6) is 5.88 Å². The maximum Gasteiger partial charge on any atom is 0.422 e. The van der Waals surface area contributed by atoms with Gasteiger partial charge in [0.15, 0.2) is 6.61 Å². The van der Waals surface area contributed by atoms with E-state index in [0.29, 0.717) is 13.1 Å². The zero-order valence-electron chi connectivity index (χ0n) is 9.63. The fourth-order valence-corrected chi connectivity index (χ4v) is 1.18. The van der Waals surface area contributed by atoms with E-state index in [-0.39, 0.29) is 11.4 Å². The second-order valence-electron chi connectivity index (χ2n) is 3.43. The van der Waals surface area contributed by atoms with Crippen LogP contribution in [0.1, 0.15) is 10.4 Å². The highest BCUT2D eigenvalue weighted by Gasteiger charge is 2.28. The molecule has 5 nitrogen and oxygen atoms in total. The number of nitrogens with zero attached hydrogens (tertiary/aromatic N) is 1. The number of ether oxygens (including phenoxy) is 1. The number of aromatic nitrogens is 1. The van der Waals surface area contributed by atoms with Crippen LogP contribution in [-0.4, -0.2) is 36.8 Å². The van der Waals surface area contributed by atoms with Gasteiger partial charge in [0.1, 0.15) is 0 Å². The topological polar surface area (TPSA) is 63.2 Å². The molecule has 0 aliphatic heterocycles. The summed E-state index contributed by atoms with van der Waals surface area (Å²) in [6.45, 7) is -0.727. The van der Waals surface area contributed by atoms with Gasteiger partial charge in [-0.1, -0.05) is 0 Å². The predicted octanol–water partition coefficient (Wildman–Crippen LogP) is 1.50. The average molecular weight is 298 g/mol. The molecule has 19 heavy (non-hydrogen) atoms. The molecule has 0 radical (unpaired) electrons. The van der Waals surface area contributed by atoms with E-state index < -0.39 is 18.7 Å².